The maximum atomic E-state index is 12.5. The van der Waals surface area contributed by atoms with Crippen LogP contribution in [0.2, 0.25) is 0 Å². The van der Waals surface area contributed by atoms with Crippen molar-refractivity contribution in [3.05, 3.63) is 54.6 Å². The van der Waals surface area contributed by atoms with Gasteiger partial charge in [0.25, 0.3) is 0 Å². The lowest BCUT2D eigenvalue weighted by Gasteiger charge is -2.27. The van der Waals surface area contributed by atoms with Gasteiger partial charge in [-0.1, -0.05) is 25.1 Å². The lowest BCUT2D eigenvalue weighted by Crippen LogP contribution is -2.42. The number of anilines is 1. The molecular formula is C18H20ClNO2S. The summed E-state index contributed by atoms with van der Waals surface area (Å²) < 4.78 is 5.10. The van der Waals surface area contributed by atoms with E-state index in [9.17, 15) is 4.79 Å². The maximum Gasteiger partial charge on any atom is 0.246 e. The summed E-state index contributed by atoms with van der Waals surface area (Å²) in [6.45, 7) is 3.70. The molecule has 23 heavy (non-hydrogen) atoms. The third-order valence-corrected chi connectivity index (χ3v) is 5.61. The number of thioether (sulfide) groups is 1. The Morgan fingerprint density at radius 1 is 1.17 bits per heavy atom. The summed E-state index contributed by atoms with van der Waals surface area (Å²) in [5.41, 5.74) is 0.694. The van der Waals surface area contributed by atoms with E-state index in [1.54, 1.807) is 50.1 Å². The van der Waals surface area contributed by atoms with Crippen molar-refractivity contribution in [1.29, 1.82) is 0 Å². The van der Waals surface area contributed by atoms with Crippen LogP contribution in [0.4, 0.5) is 5.69 Å². The maximum absolute atomic E-state index is 12.5. The quantitative estimate of drug-likeness (QED) is 0.600. The minimum absolute atomic E-state index is 0.0928. The molecule has 0 spiro atoms. The summed E-state index contributed by atoms with van der Waals surface area (Å²) >= 11 is 8.12. The predicted molar refractivity (Wildman–Crippen MR) is 97.6 cm³/mol. The highest BCUT2D eigenvalue weighted by atomic mass is 35.5. The van der Waals surface area contributed by atoms with Crippen LogP contribution in [0.1, 0.15) is 13.8 Å². The van der Waals surface area contributed by atoms with E-state index in [1.807, 2.05) is 37.3 Å². The Kier molecular flexibility index (Phi) is 5.97. The molecule has 0 aliphatic rings. The van der Waals surface area contributed by atoms with E-state index < -0.39 is 4.87 Å². The molecule has 2 atom stereocenters. The molecule has 0 aliphatic carbocycles. The zero-order valence-corrected chi connectivity index (χ0v) is 14.9. The number of hydrogen-bond acceptors (Lipinski definition) is 3. The van der Waals surface area contributed by atoms with Gasteiger partial charge < -0.3 is 10.1 Å². The van der Waals surface area contributed by atoms with Crippen molar-refractivity contribution in [3.63, 3.8) is 0 Å². The van der Waals surface area contributed by atoms with E-state index in [-0.39, 0.29) is 11.2 Å². The van der Waals surface area contributed by atoms with E-state index in [1.165, 1.54) is 0 Å². The van der Waals surface area contributed by atoms with E-state index >= 15 is 0 Å². The molecule has 0 saturated heterocycles. The van der Waals surface area contributed by atoms with Gasteiger partial charge in [-0.2, -0.15) is 0 Å². The number of nitrogens with one attached hydrogen (secondary N) is 1. The van der Waals surface area contributed by atoms with Gasteiger partial charge in [-0.05, 0) is 43.3 Å². The highest BCUT2D eigenvalue weighted by Gasteiger charge is 2.37. The molecule has 2 aromatic carbocycles. The number of alkyl halides is 1. The Balaban J connectivity index is 2.03. The third kappa shape index (κ3) is 4.66. The lowest BCUT2D eigenvalue weighted by molar-refractivity contribution is -0.118. The molecular weight excluding hydrogens is 330 g/mol. The van der Waals surface area contributed by atoms with Crippen LogP contribution >= 0.6 is 23.4 Å². The molecule has 1 amide bonds. The van der Waals surface area contributed by atoms with Crippen molar-refractivity contribution in [1.82, 2.24) is 0 Å². The van der Waals surface area contributed by atoms with Gasteiger partial charge in [0, 0.05) is 15.8 Å². The second-order valence-corrected chi connectivity index (χ2v) is 7.53. The smallest absolute Gasteiger partial charge is 0.246 e. The first-order valence-electron chi connectivity index (χ1n) is 7.29. The largest absolute Gasteiger partial charge is 0.497 e. The molecule has 0 fully saturated rings. The van der Waals surface area contributed by atoms with Gasteiger partial charge in [0.1, 0.15) is 10.6 Å². The molecule has 2 rings (SSSR count). The molecule has 3 nitrogen and oxygen atoms in total. The van der Waals surface area contributed by atoms with Crippen LogP contribution in [0, 0.1) is 0 Å². The minimum atomic E-state index is -1.03. The Labute approximate surface area is 146 Å². The fourth-order valence-electron chi connectivity index (χ4n) is 1.93. The SMILES string of the molecule is COc1ccc(NC(=O)C(C)(Cl)C(C)Sc2ccccc2)cc1. The normalized spacial score (nSPS) is 14.6. The van der Waals surface area contributed by atoms with Crippen molar-refractivity contribution < 1.29 is 9.53 Å². The zero-order chi connectivity index (χ0) is 16.9. The van der Waals surface area contributed by atoms with Gasteiger partial charge in [-0.15, -0.1) is 23.4 Å². The summed E-state index contributed by atoms with van der Waals surface area (Å²) in [6.07, 6.45) is 0. The lowest BCUT2D eigenvalue weighted by atomic mass is 10.1. The zero-order valence-electron chi connectivity index (χ0n) is 13.4. The minimum Gasteiger partial charge on any atom is -0.497 e. The second-order valence-electron chi connectivity index (χ2n) is 5.33. The van der Waals surface area contributed by atoms with Crippen molar-refractivity contribution in [2.45, 2.75) is 28.9 Å². The van der Waals surface area contributed by atoms with Crippen molar-refractivity contribution in [3.8, 4) is 5.75 Å². The van der Waals surface area contributed by atoms with Gasteiger partial charge in [0.15, 0.2) is 0 Å². The molecule has 122 valence electrons. The number of rotatable bonds is 6. The van der Waals surface area contributed by atoms with Crippen molar-refractivity contribution in [2.24, 2.45) is 0 Å². The second kappa shape index (κ2) is 7.75. The van der Waals surface area contributed by atoms with Crippen molar-refractivity contribution in [2.75, 3.05) is 12.4 Å². The average Bonchev–Trinajstić information content (AvgIpc) is 2.56. The van der Waals surface area contributed by atoms with Gasteiger partial charge in [0.2, 0.25) is 5.91 Å². The highest BCUT2D eigenvalue weighted by molar-refractivity contribution is 8.00. The van der Waals surface area contributed by atoms with Gasteiger partial charge >= 0.3 is 0 Å². The summed E-state index contributed by atoms with van der Waals surface area (Å²) in [4.78, 5) is 12.6. The van der Waals surface area contributed by atoms with E-state index in [0.717, 1.165) is 10.6 Å². The van der Waals surface area contributed by atoms with Crippen LogP contribution in [0.25, 0.3) is 0 Å². The first kappa shape index (κ1) is 17.7. The first-order chi connectivity index (χ1) is 10.9. The van der Waals surface area contributed by atoms with E-state index in [2.05, 4.69) is 5.32 Å². The Hall–Kier alpha value is -1.65. The van der Waals surface area contributed by atoms with Gasteiger partial charge in [-0.25, -0.2) is 0 Å². The summed E-state index contributed by atoms with van der Waals surface area (Å²) in [5.74, 6) is 0.518. The molecule has 0 radical (unpaired) electrons. The van der Waals surface area contributed by atoms with Crippen LogP contribution in [-0.4, -0.2) is 23.1 Å². The van der Waals surface area contributed by atoms with Crippen LogP contribution < -0.4 is 10.1 Å². The number of benzene rings is 2. The van der Waals surface area contributed by atoms with Gasteiger partial charge in [0.05, 0.1) is 7.11 Å². The van der Waals surface area contributed by atoms with Crippen LogP contribution in [0.5, 0.6) is 5.75 Å². The number of ether oxygens (including phenoxy) is 1. The van der Waals surface area contributed by atoms with E-state index in [4.69, 9.17) is 16.3 Å². The number of hydrogen-bond donors (Lipinski definition) is 1. The number of carbonyl (C=O) groups excluding carboxylic acids is 1. The Morgan fingerprint density at radius 2 is 1.78 bits per heavy atom. The van der Waals surface area contributed by atoms with Crippen LogP contribution in [0.15, 0.2) is 59.5 Å². The average molecular weight is 350 g/mol. The molecule has 0 aliphatic heterocycles. The molecule has 0 bridgehead atoms. The third-order valence-electron chi connectivity index (χ3n) is 3.61. The fourth-order valence-corrected chi connectivity index (χ4v) is 3.16. The summed E-state index contributed by atoms with van der Waals surface area (Å²) in [5, 5.41) is 2.77. The summed E-state index contributed by atoms with van der Waals surface area (Å²) in [7, 11) is 1.60. The number of halogens is 1. The molecule has 5 heteroatoms. The topological polar surface area (TPSA) is 38.3 Å². The number of amides is 1. The Morgan fingerprint density at radius 3 is 2.35 bits per heavy atom. The first-order valence-corrected chi connectivity index (χ1v) is 8.55. The van der Waals surface area contributed by atoms with Crippen molar-refractivity contribution >= 4 is 35.0 Å². The molecule has 0 aromatic heterocycles. The Bertz CT molecular complexity index is 644. The molecule has 2 unspecified atom stereocenters. The number of carbonyl (C=O) groups is 1. The fraction of sp³-hybridized carbons (Fsp3) is 0.278. The molecule has 0 saturated carbocycles. The molecule has 1 N–H and O–H groups in total. The van der Waals surface area contributed by atoms with Gasteiger partial charge in [-0.3, -0.25) is 4.79 Å². The highest BCUT2D eigenvalue weighted by Crippen LogP contribution is 2.35. The molecule has 0 heterocycles. The number of methoxy groups -OCH3 is 1. The standard InChI is InChI=1S/C18H20ClNO2S/c1-13(23-16-7-5-4-6-8-16)18(2,19)17(21)20-14-9-11-15(22-3)12-10-14/h4-13H,1-3H3,(H,20,21). The van der Waals surface area contributed by atoms with Crippen LogP contribution in [-0.2, 0) is 4.79 Å². The predicted octanol–water partition coefficient (Wildman–Crippen LogP) is 4.81. The van der Waals surface area contributed by atoms with Crippen LogP contribution in [0.3, 0.4) is 0 Å². The monoisotopic (exact) mass is 349 g/mol. The molecule has 2 aromatic rings. The van der Waals surface area contributed by atoms with E-state index in [0.29, 0.717) is 5.69 Å². The summed E-state index contributed by atoms with van der Waals surface area (Å²) in [6, 6.07) is 17.1.